The largest absolute Gasteiger partial charge is 0.497 e. The number of benzene rings is 3. The van der Waals surface area contributed by atoms with Crippen LogP contribution >= 0.6 is 11.6 Å². The number of methoxy groups -OCH3 is 4. The second-order valence-corrected chi connectivity index (χ2v) is 13.1. The Kier molecular flexibility index (Phi) is 10.8. The van der Waals surface area contributed by atoms with E-state index in [2.05, 4.69) is 15.3 Å². The fourth-order valence-corrected chi connectivity index (χ4v) is 6.78. The Bertz CT molecular complexity index is 2280. The van der Waals surface area contributed by atoms with E-state index in [-0.39, 0.29) is 11.6 Å². The molecule has 0 amide bonds. The molecule has 3 aromatic carbocycles. The molecule has 15 heteroatoms. The van der Waals surface area contributed by atoms with E-state index in [9.17, 15) is 5.11 Å². The van der Waals surface area contributed by atoms with Crippen LogP contribution in [0.1, 0.15) is 17.4 Å². The molecule has 1 aliphatic rings. The summed E-state index contributed by atoms with van der Waals surface area (Å²) in [4.78, 5) is 15.6. The lowest BCUT2D eigenvalue weighted by molar-refractivity contribution is -0.0410. The van der Waals surface area contributed by atoms with E-state index in [4.69, 9.17) is 45.0 Å². The molecule has 3 aromatic heterocycles. The fraction of sp³-hybridized carbons (Fsp3) is 0.308. The van der Waals surface area contributed by atoms with E-state index in [0.717, 1.165) is 28.1 Å². The zero-order valence-corrected chi connectivity index (χ0v) is 31.1. The van der Waals surface area contributed by atoms with Crippen molar-refractivity contribution in [1.29, 1.82) is 0 Å². The molecule has 0 saturated carbocycles. The van der Waals surface area contributed by atoms with Gasteiger partial charge in [0, 0.05) is 61.0 Å². The van der Waals surface area contributed by atoms with Crippen molar-refractivity contribution in [3.05, 3.63) is 95.4 Å². The molecule has 0 radical (unpaired) electrons. The second-order valence-electron chi connectivity index (χ2n) is 12.7. The predicted octanol–water partition coefficient (Wildman–Crippen LogP) is 6.59. The molecule has 282 valence electrons. The third-order valence-electron chi connectivity index (χ3n) is 9.43. The number of rotatable bonds is 14. The van der Waals surface area contributed by atoms with Crippen LogP contribution < -0.4 is 33.9 Å². The summed E-state index contributed by atoms with van der Waals surface area (Å²) < 4.78 is 51.1. The maximum atomic E-state index is 15.8. The number of halogens is 2. The zero-order chi connectivity index (χ0) is 37.9. The zero-order valence-electron chi connectivity index (χ0n) is 30.3. The Morgan fingerprint density at radius 2 is 1.57 bits per heavy atom. The Hall–Kier alpha value is -5.57. The van der Waals surface area contributed by atoms with E-state index in [1.165, 1.54) is 17.1 Å². The average Bonchev–Trinajstić information content (AvgIpc) is 3.69. The first kappa shape index (κ1) is 36.8. The van der Waals surface area contributed by atoms with Gasteiger partial charge in [-0.3, -0.25) is 0 Å². The number of anilines is 2. The number of pyridine rings is 1. The second kappa shape index (κ2) is 15.8. The van der Waals surface area contributed by atoms with Crippen molar-refractivity contribution in [2.75, 3.05) is 52.3 Å². The smallest absolute Gasteiger partial charge is 0.173 e. The molecular weight excluding hydrogens is 719 g/mol. The van der Waals surface area contributed by atoms with E-state index in [1.54, 1.807) is 46.6 Å². The molecule has 1 saturated heterocycles. The van der Waals surface area contributed by atoms with E-state index in [0.29, 0.717) is 58.5 Å². The summed E-state index contributed by atoms with van der Waals surface area (Å²) in [6.07, 6.45) is -2.57. The van der Waals surface area contributed by atoms with E-state index >= 15 is 4.39 Å². The molecular formula is C39H40ClFN6O7. The molecule has 7 rings (SSSR count). The van der Waals surface area contributed by atoms with Crippen molar-refractivity contribution < 1.29 is 37.9 Å². The quantitative estimate of drug-likeness (QED) is 0.124. The normalized spacial score (nSPS) is 18.1. The van der Waals surface area contributed by atoms with Gasteiger partial charge in [0.1, 0.15) is 71.2 Å². The Balaban J connectivity index is 1.04. The maximum Gasteiger partial charge on any atom is 0.173 e. The topological polar surface area (TPSA) is 134 Å². The molecule has 0 bridgehead atoms. The van der Waals surface area contributed by atoms with Gasteiger partial charge in [-0.15, -0.1) is 0 Å². The summed E-state index contributed by atoms with van der Waals surface area (Å²) in [5, 5.41) is 15.9. The van der Waals surface area contributed by atoms with Gasteiger partial charge >= 0.3 is 0 Å². The minimum absolute atomic E-state index is 0.112. The first-order chi connectivity index (χ1) is 26.2. The SMILES string of the molecule is COc1ccc(CNc2ncnc3c2c(Cl)cn3[C@@H]2O[C@H](COc3ccc4ccc(N(C)Cc5ccc(OC)cc5OC)nc4c3)[C@@H](O)[C@@H]2F)c(OC)c1. The van der Waals surface area contributed by atoms with Crippen molar-refractivity contribution in [2.24, 2.45) is 0 Å². The molecule has 6 aromatic rings. The van der Waals surface area contributed by atoms with Crippen molar-refractivity contribution >= 4 is 45.2 Å². The molecule has 0 spiro atoms. The van der Waals surface area contributed by atoms with Crippen LogP contribution in [0.4, 0.5) is 16.0 Å². The van der Waals surface area contributed by atoms with Crippen molar-refractivity contribution in [3.8, 4) is 28.7 Å². The minimum atomic E-state index is -1.79. The first-order valence-corrected chi connectivity index (χ1v) is 17.5. The molecule has 4 atom stereocenters. The van der Waals surface area contributed by atoms with Crippen molar-refractivity contribution in [3.63, 3.8) is 0 Å². The van der Waals surface area contributed by atoms with Gasteiger partial charge in [-0.2, -0.15) is 0 Å². The highest BCUT2D eigenvalue weighted by Gasteiger charge is 2.46. The summed E-state index contributed by atoms with van der Waals surface area (Å²) in [6.45, 7) is 0.791. The number of aromatic nitrogens is 4. The molecule has 0 unspecified atom stereocenters. The summed E-state index contributed by atoms with van der Waals surface area (Å²) >= 11 is 6.68. The van der Waals surface area contributed by atoms with Crippen LogP contribution in [-0.2, 0) is 17.8 Å². The predicted molar refractivity (Wildman–Crippen MR) is 203 cm³/mol. The van der Waals surface area contributed by atoms with E-state index in [1.807, 2.05) is 60.5 Å². The summed E-state index contributed by atoms with van der Waals surface area (Å²) in [5.74, 6) is 4.41. The first-order valence-electron chi connectivity index (χ1n) is 17.1. The van der Waals surface area contributed by atoms with Crippen LogP contribution in [0, 0.1) is 0 Å². The molecule has 4 heterocycles. The number of ether oxygens (including phenoxy) is 6. The molecule has 2 N–H and O–H groups in total. The van der Waals surface area contributed by atoms with Gasteiger partial charge in [-0.1, -0.05) is 11.6 Å². The number of nitrogens with zero attached hydrogens (tertiary/aromatic N) is 5. The maximum absolute atomic E-state index is 15.8. The van der Waals surface area contributed by atoms with Crippen LogP contribution in [0.15, 0.2) is 79.3 Å². The van der Waals surface area contributed by atoms with Crippen LogP contribution in [0.2, 0.25) is 5.02 Å². The summed E-state index contributed by atoms with van der Waals surface area (Å²) in [5.41, 5.74) is 2.88. The van der Waals surface area contributed by atoms with Gasteiger partial charge in [0.05, 0.1) is 44.4 Å². The van der Waals surface area contributed by atoms with Crippen LogP contribution in [0.5, 0.6) is 28.7 Å². The highest BCUT2D eigenvalue weighted by molar-refractivity contribution is 6.36. The number of aliphatic hydroxyl groups excluding tert-OH is 1. The van der Waals surface area contributed by atoms with Gasteiger partial charge in [-0.25, -0.2) is 19.3 Å². The third kappa shape index (κ3) is 7.32. The molecule has 1 aliphatic heterocycles. The highest BCUT2D eigenvalue weighted by Crippen LogP contribution is 2.39. The number of hydrogen-bond acceptors (Lipinski definition) is 12. The van der Waals surface area contributed by atoms with Gasteiger partial charge in [0.15, 0.2) is 12.4 Å². The van der Waals surface area contributed by atoms with E-state index < -0.39 is 24.6 Å². The Morgan fingerprint density at radius 3 is 2.30 bits per heavy atom. The van der Waals surface area contributed by atoms with Crippen LogP contribution in [-0.4, -0.2) is 85.1 Å². The number of nitrogens with one attached hydrogen (secondary N) is 1. The Morgan fingerprint density at radius 1 is 0.889 bits per heavy atom. The standard InChI is InChI=1S/C39H40ClFN6O7/c1-46(18-24-8-11-26(50-3)16-31(24)52-5)33-13-9-22-6-12-27(14-29(22)45-33)53-20-32-36(48)35(41)39(54-32)47-19-28(40)34-37(43-21-44-38(34)47)42-17-23-7-10-25(49-2)15-30(23)51-4/h6-16,19,21,32,35-36,39,48H,17-18,20H2,1-5H3,(H,42,43,44)/t32-,35+,36-,39-/m1/s1. The number of fused-ring (bicyclic) bond motifs is 2. The third-order valence-corrected chi connectivity index (χ3v) is 9.71. The molecule has 0 aliphatic carbocycles. The van der Waals surface area contributed by atoms with Gasteiger partial charge in [0.25, 0.3) is 0 Å². The number of aliphatic hydroxyl groups is 1. The van der Waals surface area contributed by atoms with Gasteiger partial charge in [-0.05, 0) is 48.5 Å². The average molecular weight is 759 g/mol. The summed E-state index contributed by atoms with van der Waals surface area (Å²) in [6, 6.07) is 20.6. The lowest BCUT2D eigenvalue weighted by atomic mass is 10.1. The minimum Gasteiger partial charge on any atom is -0.497 e. The molecule has 54 heavy (non-hydrogen) atoms. The number of alkyl halides is 1. The van der Waals surface area contributed by atoms with Crippen molar-refractivity contribution in [1.82, 2.24) is 19.5 Å². The lowest BCUT2D eigenvalue weighted by Gasteiger charge is -2.20. The van der Waals surface area contributed by atoms with Crippen LogP contribution in [0.3, 0.4) is 0 Å². The summed E-state index contributed by atoms with van der Waals surface area (Å²) in [7, 11) is 8.36. The van der Waals surface area contributed by atoms with Crippen LogP contribution in [0.25, 0.3) is 21.9 Å². The van der Waals surface area contributed by atoms with Gasteiger partial charge in [0.2, 0.25) is 0 Å². The molecule has 1 fully saturated rings. The Labute approximate surface area is 316 Å². The lowest BCUT2D eigenvalue weighted by Crippen LogP contribution is -2.32. The van der Waals surface area contributed by atoms with Gasteiger partial charge < -0.3 is 48.3 Å². The highest BCUT2D eigenvalue weighted by atomic mass is 35.5. The fourth-order valence-electron chi connectivity index (χ4n) is 6.50. The van der Waals surface area contributed by atoms with Crippen molar-refractivity contribution in [2.45, 2.75) is 37.7 Å². The number of hydrogen-bond donors (Lipinski definition) is 2. The monoisotopic (exact) mass is 758 g/mol. The molecule has 13 nitrogen and oxygen atoms in total.